The first-order chi connectivity index (χ1) is 6.93. The van der Waals surface area contributed by atoms with E-state index in [2.05, 4.69) is 0 Å². The summed E-state index contributed by atoms with van der Waals surface area (Å²) in [4.78, 5) is 24.2. The van der Waals surface area contributed by atoms with Gasteiger partial charge in [0.05, 0.1) is 24.0 Å². The molecular formula is C10H15NO4. The lowest BCUT2D eigenvalue weighted by molar-refractivity contribution is -0.143. The van der Waals surface area contributed by atoms with E-state index in [-0.39, 0.29) is 24.1 Å². The van der Waals surface area contributed by atoms with Gasteiger partial charge in [0, 0.05) is 0 Å². The van der Waals surface area contributed by atoms with E-state index in [0.717, 1.165) is 0 Å². The van der Waals surface area contributed by atoms with Crippen molar-refractivity contribution >= 4 is 11.9 Å². The predicted molar refractivity (Wildman–Crippen MR) is 51.0 cm³/mol. The number of aliphatic carboxylic acids is 1. The summed E-state index contributed by atoms with van der Waals surface area (Å²) in [6.45, 7) is 4.66. The van der Waals surface area contributed by atoms with Crippen molar-refractivity contribution in [2.75, 3.05) is 13.3 Å². The smallest absolute Gasteiger partial charge is 0.307 e. The first kappa shape index (κ1) is 10.4. The zero-order valence-corrected chi connectivity index (χ0v) is 8.90. The first-order valence-corrected chi connectivity index (χ1v) is 5.05. The number of amides is 1. The van der Waals surface area contributed by atoms with Crippen LogP contribution in [0.1, 0.15) is 20.3 Å². The average molecular weight is 213 g/mol. The molecule has 0 spiro atoms. The van der Waals surface area contributed by atoms with Gasteiger partial charge >= 0.3 is 5.97 Å². The van der Waals surface area contributed by atoms with Crippen molar-refractivity contribution in [1.82, 2.24) is 4.90 Å². The summed E-state index contributed by atoms with van der Waals surface area (Å²) in [5.74, 6) is -1.76. The van der Waals surface area contributed by atoms with E-state index < -0.39 is 11.9 Å². The van der Waals surface area contributed by atoms with Crippen molar-refractivity contribution < 1.29 is 19.4 Å². The highest BCUT2D eigenvalue weighted by atomic mass is 16.5. The normalized spacial score (nSPS) is 32.8. The number of carbonyl (C=O) groups is 2. The third-order valence-corrected chi connectivity index (χ3v) is 3.10. The van der Waals surface area contributed by atoms with Crippen LogP contribution < -0.4 is 0 Å². The molecule has 5 nitrogen and oxygen atoms in total. The molecule has 15 heavy (non-hydrogen) atoms. The molecule has 0 bridgehead atoms. The highest BCUT2D eigenvalue weighted by Gasteiger charge is 2.52. The molecular weight excluding hydrogens is 198 g/mol. The largest absolute Gasteiger partial charge is 0.481 e. The molecule has 0 radical (unpaired) electrons. The highest BCUT2D eigenvalue weighted by molar-refractivity contribution is 5.89. The van der Waals surface area contributed by atoms with Crippen LogP contribution in [-0.2, 0) is 14.3 Å². The Kier molecular flexibility index (Phi) is 2.22. The molecule has 2 atom stereocenters. The fourth-order valence-electron chi connectivity index (χ4n) is 1.94. The molecule has 0 aromatic heterocycles. The lowest BCUT2D eigenvalue weighted by atomic mass is 10.1. The molecule has 1 saturated carbocycles. The van der Waals surface area contributed by atoms with Crippen molar-refractivity contribution in [3.8, 4) is 0 Å². The molecule has 2 fully saturated rings. The standard InChI is InChI=1S/C10H15NO4/c1-10(2)4-15-5-11(10)8(12)6-3-7(6)9(13)14/h6-7H,3-5H2,1-2H3,(H,13,14). The van der Waals surface area contributed by atoms with Crippen LogP contribution in [0.3, 0.4) is 0 Å². The topological polar surface area (TPSA) is 66.8 Å². The summed E-state index contributed by atoms with van der Waals surface area (Å²) in [6, 6.07) is 0. The number of rotatable bonds is 2. The number of carboxylic acid groups (broad SMARTS) is 1. The fourth-order valence-corrected chi connectivity index (χ4v) is 1.94. The number of nitrogens with zero attached hydrogens (tertiary/aromatic N) is 1. The summed E-state index contributed by atoms with van der Waals surface area (Å²) in [7, 11) is 0. The molecule has 1 aliphatic carbocycles. The van der Waals surface area contributed by atoms with E-state index in [1.807, 2.05) is 13.8 Å². The molecule has 1 heterocycles. The molecule has 2 unspecified atom stereocenters. The van der Waals surface area contributed by atoms with Crippen molar-refractivity contribution in [1.29, 1.82) is 0 Å². The van der Waals surface area contributed by atoms with Gasteiger partial charge in [0.15, 0.2) is 0 Å². The molecule has 1 aliphatic heterocycles. The van der Waals surface area contributed by atoms with E-state index in [4.69, 9.17) is 9.84 Å². The number of hydrogen-bond donors (Lipinski definition) is 1. The van der Waals surface area contributed by atoms with Gasteiger partial charge in [0.1, 0.15) is 6.73 Å². The quantitative estimate of drug-likeness (QED) is 0.716. The summed E-state index contributed by atoms with van der Waals surface area (Å²) < 4.78 is 5.22. The molecule has 2 aliphatic rings. The fraction of sp³-hybridized carbons (Fsp3) is 0.800. The maximum absolute atomic E-state index is 11.9. The second-order valence-electron chi connectivity index (χ2n) is 4.84. The minimum atomic E-state index is -0.869. The molecule has 0 aromatic rings. The SMILES string of the molecule is CC1(C)COCN1C(=O)C1CC1C(=O)O. The predicted octanol–water partition coefficient (Wildman–Crippen LogP) is 0.302. The molecule has 5 heteroatoms. The Labute approximate surface area is 88.0 Å². The van der Waals surface area contributed by atoms with Gasteiger partial charge in [0.2, 0.25) is 5.91 Å². The number of hydrogen-bond acceptors (Lipinski definition) is 3. The maximum atomic E-state index is 11.9. The Bertz CT molecular complexity index is 313. The zero-order chi connectivity index (χ0) is 11.2. The highest BCUT2D eigenvalue weighted by Crippen LogP contribution is 2.41. The number of ether oxygens (including phenoxy) is 1. The van der Waals surface area contributed by atoms with Crippen LogP contribution in [0.25, 0.3) is 0 Å². The Morgan fingerprint density at radius 2 is 2.07 bits per heavy atom. The lowest BCUT2D eigenvalue weighted by Crippen LogP contribution is -2.45. The monoisotopic (exact) mass is 213 g/mol. The molecule has 1 amide bonds. The van der Waals surface area contributed by atoms with Gasteiger partial charge in [-0.05, 0) is 20.3 Å². The zero-order valence-electron chi connectivity index (χ0n) is 8.90. The van der Waals surface area contributed by atoms with Crippen LogP contribution in [0.2, 0.25) is 0 Å². The lowest BCUT2D eigenvalue weighted by Gasteiger charge is -2.29. The Hall–Kier alpha value is -1.10. The third kappa shape index (κ3) is 1.71. The van der Waals surface area contributed by atoms with Crippen molar-refractivity contribution in [2.24, 2.45) is 11.8 Å². The van der Waals surface area contributed by atoms with Crippen LogP contribution >= 0.6 is 0 Å². The van der Waals surface area contributed by atoms with E-state index in [9.17, 15) is 9.59 Å². The summed E-state index contributed by atoms with van der Waals surface area (Å²) in [5.41, 5.74) is -0.303. The van der Waals surface area contributed by atoms with Crippen molar-refractivity contribution in [2.45, 2.75) is 25.8 Å². The van der Waals surface area contributed by atoms with E-state index in [1.165, 1.54) is 0 Å². The Morgan fingerprint density at radius 3 is 2.47 bits per heavy atom. The van der Waals surface area contributed by atoms with Crippen LogP contribution in [0.15, 0.2) is 0 Å². The van der Waals surface area contributed by atoms with Gasteiger partial charge < -0.3 is 14.7 Å². The second-order valence-corrected chi connectivity index (χ2v) is 4.84. The average Bonchev–Trinajstić information content (AvgIpc) is 2.84. The van der Waals surface area contributed by atoms with E-state index >= 15 is 0 Å². The Balaban J connectivity index is 2.01. The first-order valence-electron chi connectivity index (χ1n) is 5.05. The van der Waals surface area contributed by atoms with Crippen LogP contribution in [0, 0.1) is 11.8 Å². The maximum Gasteiger partial charge on any atom is 0.307 e. The van der Waals surface area contributed by atoms with Crippen LogP contribution in [0.5, 0.6) is 0 Å². The molecule has 0 aromatic carbocycles. The van der Waals surface area contributed by atoms with Gasteiger partial charge in [-0.25, -0.2) is 0 Å². The Morgan fingerprint density at radius 1 is 1.40 bits per heavy atom. The minimum absolute atomic E-state index is 0.0788. The molecule has 1 N–H and O–H groups in total. The van der Waals surface area contributed by atoms with E-state index in [0.29, 0.717) is 13.0 Å². The number of carbonyl (C=O) groups excluding carboxylic acids is 1. The van der Waals surface area contributed by atoms with E-state index in [1.54, 1.807) is 4.90 Å². The molecule has 2 rings (SSSR count). The van der Waals surface area contributed by atoms with Gasteiger partial charge in [-0.2, -0.15) is 0 Å². The second kappa shape index (κ2) is 3.20. The minimum Gasteiger partial charge on any atom is -0.481 e. The van der Waals surface area contributed by atoms with Crippen LogP contribution in [-0.4, -0.2) is 40.8 Å². The summed E-state index contributed by atoms with van der Waals surface area (Å²) in [5, 5.41) is 8.74. The van der Waals surface area contributed by atoms with Crippen molar-refractivity contribution in [3.05, 3.63) is 0 Å². The van der Waals surface area contributed by atoms with Gasteiger partial charge in [-0.15, -0.1) is 0 Å². The van der Waals surface area contributed by atoms with Crippen LogP contribution in [0.4, 0.5) is 0 Å². The third-order valence-electron chi connectivity index (χ3n) is 3.10. The number of carboxylic acids is 1. The van der Waals surface area contributed by atoms with Gasteiger partial charge in [-0.3, -0.25) is 9.59 Å². The van der Waals surface area contributed by atoms with Crippen molar-refractivity contribution in [3.63, 3.8) is 0 Å². The van der Waals surface area contributed by atoms with Gasteiger partial charge in [-0.1, -0.05) is 0 Å². The van der Waals surface area contributed by atoms with Gasteiger partial charge in [0.25, 0.3) is 0 Å². The molecule has 84 valence electrons. The molecule has 1 saturated heterocycles. The summed E-state index contributed by atoms with van der Waals surface area (Å²) >= 11 is 0. The summed E-state index contributed by atoms with van der Waals surface area (Å²) in [6.07, 6.45) is 0.473.